The Morgan fingerprint density at radius 1 is 1.37 bits per heavy atom. The number of nitrogens with zero attached hydrogens (tertiary/aromatic N) is 2. The fraction of sp³-hybridized carbons (Fsp3) is 0.692. The molecule has 1 saturated heterocycles. The number of carboxylic acids is 1. The molecule has 1 atom stereocenters. The van der Waals surface area contributed by atoms with Gasteiger partial charge in [-0.2, -0.15) is 0 Å². The average molecular weight is 285 g/mol. The second-order valence-electron chi connectivity index (χ2n) is 5.27. The van der Waals surface area contributed by atoms with Crippen molar-refractivity contribution in [1.29, 1.82) is 0 Å². The summed E-state index contributed by atoms with van der Waals surface area (Å²) in [5.41, 5.74) is 0.891. The van der Waals surface area contributed by atoms with Crippen LogP contribution < -0.4 is 0 Å². The lowest BCUT2D eigenvalue weighted by Crippen LogP contribution is -2.27. The Morgan fingerprint density at radius 3 is 2.79 bits per heavy atom. The third-order valence-electron chi connectivity index (χ3n) is 4.13. The molecule has 1 N–H and O–H groups in total. The normalized spacial score (nSPS) is 24.2. The number of ether oxygens (including phenoxy) is 1. The predicted molar refractivity (Wildman–Crippen MR) is 69.5 cm³/mol. The van der Waals surface area contributed by atoms with Crippen LogP contribution in [0, 0.1) is 5.92 Å². The highest BCUT2D eigenvalue weighted by Crippen LogP contribution is 2.34. The van der Waals surface area contributed by atoms with Gasteiger partial charge in [-0.15, -0.1) is 0 Å². The second kappa shape index (κ2) is 5.13. The van der Waals surface area contributed by atoms with E-state index in [2.05, 4.69) is 9.55 Å². The van der Waals surface area contributed by atoms with Crippen molar-refractivity contribution in [2.75, 3.05) is 13.2 Å². The fourth-order valence-electron chi connectivity index (χ4n) is 3.02. The van der Waals surface area contributed by atoms with Crippen LogP contribution >= 0.6 is 11.6 Å². The number of aromatic nitrogens is 2. The Bertz CT molecular complexity index is 494. The van der Waals surface area contributed by atoms with Gasteiger partial charge in [0, 0.05) is 32.1 Å². The highest BCUT2D eigenvalue weighted by atomic mass is 35.5. The fourth-order valence-corrected chi connectivity index (χ4v) is 3.28. The predicted octanol–water partition coefficient (Wildman–Crippen LogP) is 2.08. The van der Waals surface area contributed by atoms with Gasteiger partial charge in [0.15, 0.2) is 5.15 Å². The smallest absolute Gasteiger partial charge is 0.306 e. The molecule has 1 aromatic rings. The van der Waals surface area contributed by atoms with Gasteiger partial charge in [0.25, 0.3) is 0 Å². The van der Waals surface area contributed by atoms with Crippen molar-refractivity contribution in [3.05, 3.63) is 16.7 Å². The summed E-state index contributed by atoms with van der Waals surface area (Å²) in [5, 5.41) is 9.60. The van der Waals surface area contributed by atoms with Crippen molar-refractivity contribution in [3.8, 4) is 0 Å². The number of aliphatic carboxylic acids is 1. The molecule has 3 heterocycles. The van der Waals surface area contributed by atoms with Crippen molar-refractivity contribution in [3.63, 3.8) is 0 Å². The lowest BCUT2D eigenvalue weighted by molar-refractivity contribution is -0.142. The van der Waals surface area contributed by atoms with Crippen LogP contribution in [0.2, 0.25) is 5.15 Å². The van der Waals surface area contributed by atoms with Gasteiger partial charge in [0.2, 0.25) is 0 Å². The van der Waals surface area contributed by atoms with E-state index in [1.807, 2.05) is 0 Å². The summed E-state index contributed by atoms with van der Waals surface area (Å²) >= 11 is 6.20. The molecule has 0 radical (unpaired) electrons. The first-order valence-corrected chi connectivity index (χ1v) is 7.10. The van der Waals surface area contributed by atoms with Crippen molar-refractivity contribution in [2.45, 2.75) is 38.1 Å². The van der Waals surface area contributed by atoms with Crippen LogP contribution in [0.25, 0.3) is 0 Å². The monoisotopic (exact) mass is 284 g/mol. The minimum atomic E-state index is -0.740. The maximum absolute atomic E-state index is 11.1. The maximum atomic E-state index is 11.1. The molecule has 5 nitrogen and oxygen atoms in total. The van der Waals surface area contributed by atoms with Crippen LogP contribution in [-0.2, 0) is 22.5 Å². The van der Waals surface area contributed by atoms with Crippen molar-refractivity contribution in [1.82, 2.24) is 9.55 Å². The molecule has 1 unspecified atom stereocenters. The molecule has 1 aromatic heterocycles. The molecule has 19 heavy (non-hydrogen) atoms. The summed E-state index contributed by atoms with van der Waals surface area (Å²) in [4.78, 5) is 15.6. The zero-order valence-corrected chi connectivity index (χ0v) is 11.4. The third-order valence-corrected chi connectivity index (χ3v) is 4.43. The van der Waals surface area contributed by atoms with Crippen LogP contribution in [0.3, 0.4) is 0 Å². The number of carboxylic acid groups (broad SMARTS) is 1. The lowest BCUT2D eigenvalue weighted by atomic mass is 9.95. The molecule has 6 heteroatoms. The molecule has 0 saturated carbocycles. The maximum Gasteiger partial charge on any atom is 0.306 e. The van der Waals surface area contributed by atoms with Crippen LogP contribution in [-0.4, -0.2) is 33.8 Å². The van der Waals surface area contributed by atoms with Crippen LogP contribution in [0.15, 0.2) is 0 Å². The molecule has 0 aliphatic carbocycles. The summed E-state index contributed by atoms with van der Waals surface area (Å²) in [6.07, 6.45) is 3.08. The van der Waals surface area contributed by atoms with Crippen molar-refractivity contribution < 1.29 is 14.6 Å². The van der Waals surface area contributed by atoms with Crippen molar-refractivity contribution in [2.24, 2.45) is 5.92 Å². The molecule has 2 aliphatic rings. The van der Waals surface area contributed by atoms with E-state index in [0.29, 0.717) is 30.5 Å². The summed E-state index contributed by atoms with van der Waals surface area (Å²) in [6, 6.07) is 0. The van der Waals surface area contributed by atoms with Gasteiger partial charge < -0.3 is 14.4 Å². The average Bonchev–Trinajstić information content (AvgIpc) is 2.77. The first-order valence-electron chi connectivity index (χ1n) is 6.72. The third kappa shape index (κ3) is 2.37. The van der Waals surface area contributed by atoms with Crippen LogP contribution in [0.5, 0.6) is 0 Å². The summed E-state index contributed by atoms with van der Waals surface area (Å²) in [7, 11) is 0. The Kier molecular flexibility index (Phi) is 3.50. The van der Waals surface area contributed by atoms with E-state index in [-0.39, 0.29) is 5.92 Å². The largest absolute Gasteiger partial charge is 0.481 e. The van der Waals surface area contributed by atoms with E-state index in [4.69, 9.17) is 21.4 Å². The first kappa shape index (κ1) is 12.9. The highest BCUT2D eigenvalue weighted by Gasteiger charge is 2.31. The zero-order valence-electron chi connectivity index (χ0n) is 10.6. The molecular formula is C13H17ClN2O3. The van der Waals surface area contributed by atoms with Crippen molar-refractivity contribution >= 4 is 17.6 Å². The van der Waals surface area contributed by atoms with Gasteiger partial charge >= 0.3 is 5.97 Å². The number of imidazole rings is 1. The number of rotatable bonds is 2. The van der Waals surface area contributed by atoms with E-state index in [9.17, 15) is 4.79 Å². The molecule has 0 bridgehead atoms. The highest BCUT2D eigenvalue weighted by molar-refractivity contribution is 6.30. The summed E-state index contributed by atoms with van der Waals surface area (Å²) < 4.78 is 7.51. The Labute approximate surface area is 116 Å². The molecule has 0 spiro atoms. The number of hydrogen-bond acceptors (Lipinski definition) is 3. The zero-order chi connectivity index (χ0) is 13.4. The Morgan fingerprint density at radius 2 is 2.11 bits per heavy atom. The van der Waals surface area contributed by atoms with Gasteiger partial charge in [-0.05, 0) is 19.3 Å². The van der Waals surface area contributed by atoms with Crippen LogP contribution in [0.1, 0.15) is 36.7 Å². The molecule has 3 rings (SSSR count). The van der Waals surface area contributed by atoms with Gasteiger partial charge in [0.1, 0.15) is 5.82 Å². The number of carbonyl (C=O) groups is 1. The first-order chi connectivity index (χ1) is 9.16. The van der Waals surface area contributed by atoms with Gasteiger partial charge in [-0.1, -0.05) is 11.6 Å². The molecular weight excluding hydrogens is 268 g/mol. The number of halogens is 1. The molecule has 104 valence electrons. The topological polar surface area (TPSA) is 64.3 Å². The molecule has 0 aromatic carbocycles. The second-order valence-corrected chi connectivity index (χ2v) is 5.63. The molecule has 2 aliphatic heterocycles. The molecule has 1 fully saturated rings. The summed E-state index contributed by atoms with van der Waals surface area (Å²) in [5.74, 6) is 0.342. The minimum Gasteiger partial charge on any atom is -0.481 e. The number of hydrogen-bond donors (Lipinski definition) is 1. The number of fused-ring (bicyclic) bond motifs is 1. The van der Waals surface area contributed by atoms with Gasteiger partial charge in [-0.3, -0.25) is 4.79 Å². The summed E-state index contributed by atoms with van der Waals surface area (Å²) in [6.45, 7) is 2.24. The lowest BCUT2D eigenvalue weighted by Gasteiger charge is -2.26. The van der Waals surface area contributed by atoms with Crippen LogP contribution in [0.4, 0.5) is 0 Å². The Balaban J connectivity index is 1.89. The van der Waals surface area contributed by atoms with E-state index >= 15 is 0 Å². The van der Waals surface area contributed by atoms with Gasteiger partial charge in [-0.25, -0.2) is 4.98 Å². The standard InChI is InChI=1S/C13H17ClN2O3/c14-11-10-7-9(13(17)18)1-4-16(10)12(15-11)8-2-5-19-6-3-8/h8-9H,1-7H2,(H,17,18). The van der Waals surface area contributed by atoms with Gasteiger partial charge in [0.05, 0.1) is 11.6 Å². The van der Waals surface area contributed by atoms with E-state index < -0.39 is 5.97 Å². The van der Waals surface area contributed by atoms with E-state index in [1.165, 1.54) is 0 Å². The minimum absolute atomic E-state index is 0.329. The SMILES string of the molecule is O=C(O)C1CCn2c(C3CCOCC3)nc(Cl)c2C1. The van der Waals surface area contributed by atoms with E-state index in [0.717, 1.165) is 37.6 Å². The quantitative estimate of drug-likeness (QED) is 0.903. The van der Waals surface area contributed by atoms with E-state index in [1.54, 1.807) is 0 Å². The molecule has 0 amide bonds. The Hall–Kier alpha value is -1.07.